The predicted molar refractivity (Wildman–Crippen MR) is 86.6 cm³/mol. The number of nitro benzene ring substituents is 1. The van der Waals surface area contributed by atoms with Gasteiger partial charge >= 0.3 is 0 Å². The first-order chi connectivity index (χ1) is 10.7. The van der Waals surface area contributed by atoms with Gasteiger partial charge in [-0.3, -0.25) is 14.8 Å². The van der Waals surface area contributed by atoms with Gasteiger partial charge in [-0.1, -0.05) is 17.7 Å². The largest absolute Gasteiger partial charge is 0.495 e. The van der Waals surface area contributed by atoms with Gasteiger partial charge in [0.15, 0.2) is 0 Å². The van der Waals surface area contributed by atoms with Crippen LogP contribution in [0.4, 0.5) is 11.4 Å². The molecule has 0 unspecified atom stereocenters. The third-order valence-corrected chi connectivity index (χ3v) is 4.90. The molecule has 1 N–H and O–H groups in total. The van der Waals surface area contributed by atoms with Crippen molar-refractivity contribution in [2.24, 2.45) is 0 Å². The summed E-state index contributed by atoms with van der Waals surface area (Å²) in [6.07, 6.45) is 0. The lowest BCUT2D eigenvalue weighted by atomic mass is 10.2. The van der Waals surface area contributed by atoms with Crippen LogP contribution in [0.25, 0.3) is 0 Å². The van der Waals surface area contributed by atoms with E-state index in [1.165, 1.54) is 13.2 Å². The number of benzene rings is 2. The summed E-state index contributed by atoms with van der Waals surface area (Å²) >= 11 is 5.97. The Hall–Kier alpha value is -2.32. The SMILES string of the molecule is COc1cc([N+](=O)[O-])ccc1S(=O)(=O)Nc1ccc(C)c(Cl)c1. The van der Waals surface area contributed by atoms with Crippen molar-refractivity contribution >= 4 is 33.0 Å². The van der Waals surface area contributed by atoms with Crippen molar-refractivity contribution in [1.82, 2.24) is 0 Å². The van der Waals surface area contributed by atoms with Crippen molar-refractivity contribution < 1.29 is 18.1 Å². The standard InChI is InChI=1S/C14H13ClN2O5S/c1-9-3-4-10(7-12(9)15)16-23(20,21)14-6-5-11(17(18)19)8-13(14)22-2/h3-8,16H,1-2H3. The quantitative estimate of drug-likeness (QED) is 0.654. The molecule has 0 aliphatic heterocycles. The molecule has 23 heavy (non-hydrogen) atoms. The van der Waals surface area contributed by atoms with E-state index in [9.17, 15) is 18.5 Å². The molecule has 0 spiro atoms. The van der Waals surface area contributed by atoms with Crippen molar-refractivity contribution in [3.05, 3.63) is 57.1 Å². The minimum atomic E-state index is -3.98. The number of non-ortho nitro benzene ring substituents is 1. The van der Waals surface area contributed by atoms with Gasteiger partial charge < -0.3 is 4.74 Å². The topological polar surface area (TPSA) is 98.5 Å². The molecular weight excluding hydrogens is 344 g/mol. The van der Waals surface area contributed by atoms with Crippen molar-refractivity contribution in [3.63, 3.8) is 0 Å². The average Bonchev–Trinajstić information content (AvgIpc) is 2.50. The molecule has 0 aliphatic rings. The molecule has 2 aromatic rings. The molecule has 122 valence electrons. The molecule has 2 rings (SSSR count). The van der Waals surface area contributed by atoms with E-state index >= 15 is 0 Å². The van der Waals surface area contributed by atoms with E-state index in [1.807, 2.05) is 0 Å². The van der Waals surface area contributed by atoms with Crippen LogP contribution in [0.15, 0.2) is 41.3 Å². The van der Waals surface area contributed by atoms with Crippen LogP contribution >= 0.6 is 11.6 Å². The van der Waals surface area contributed by atoms with Crippen LogP contribution in [-0.4, -0.2) is 20.5 Å². The second-order valence-electron chi connectivity index (χ2n) is 4.66. The Bertz CT molecular complexity index is 867. The molecule has 0 saturated heterocycles. The zero-order chi connectivity index (χ0) is 17.2. The molecule has 2 aromatic carbocycles. The second-order valence-corrected chi connectivity index (χ2v) is 6.72. The minimum Gasteiger partial charge on any atom is -0.495 e. The Labute approximate surface area is 138 Å². The van der Waals surface area contributed by atoms with Gasteiger partial charge in [0.1, 0.15) is 10.6 Å². The van der Waals surface area contributed by atoms with Crippen LogP contribution in [-0.2, 0) is 10.0 Å². The third kappa shape index (κ3) is 3.72. The first kappa shape index (κ1) is 17.0. The summed E-state index contributed by atoms with van der Waals surface area (Å²) in [5.74, 6) is -0.120. The van der Waals surface area contributed by atoms with Gasteiger partial charge in [-0.25, -0.2) is 8.42 Å². The molecule has 0 atom stereocenters. The normalized spacial score (nSPS) is 11.1. The fourth-order valence-electron chi connectivity index (χ4n) is 1.86. The molecule has 7 nitrogen and oxygen atoms in total. The van der Waals surface area contributed by atoms with Crippen LogP contribution in [0, 0.1) is 17.0 Å². The molecule has 0 saturated carbocycles. The molecule has 0 amide bonds. The van der Waals surface area contributed by atoms with E-state index in [0.29, 0.717) is 5.02 Å². The van der Waals surface area contributed by atoms with E-state index in [2.05, 4.69) is 4.72 Å². The van der Waals surface area contributed by atoms with Gasteiger partial charge in [0.25, 0.3) is 15.7 Å². The molecule has 0 fully saturated rings. The van der Waals surface area contributed by atoms with Crippen LogP contribution in [0.2, 0.25) is 5.02 Å². The van der Waals surface area contributed by atoms with Gasteiger partial charge in [-0.15, -0.1) is 0 Å². The maximum atomic E-state index is 12.5. The zero-order valence-electron chi connectivity index (χ0n) is 12.2. The summed E-state index contributed by atoms with van der Waals surface area (Å²) in [5.41, 5.74) is 0.822. The highest BCUT2D eigenvalue weighted by Crippen LogP contribution is 2.30. The molecular formula is C14H13ClN2O5S. The molecule has 0 bridgehead atoms. The van der Waals surface area contributed by atoms with Gasteiger partial charge in [0, 0.05) is 11.1 Å². The minimum absolute atomic E-state index is 0.120. The van der Waals surface area contributed by atoms with Crippen molar-refractivity contribution in [3.8, 4) is 5.75 Å². The molecule has 0 heterocycles. The van der Waals surface area contributed by atoms with E-state index in [4.69, 9.17) is 16.3 Å². The zero-order valence-corrected chi connectivity index (χ0v) is 13.8. The Morgan fingerprint density at radius 2 is 1.91 bits per heavy atom. The number of anilines is 1. The number of ether oxygens (including phenoxy) is 1. The van der Waals surface area contributed by atoms with Crippen molar-refractivity contribution in [2.75, 3.05) is 11.8 Å². The van der Waals surface area contributed by atoms with E-state index in [1.54, 1.807) is 19.1 Å². The van der Waals surface area contributed by atoms with E-state index in [0.717, 1.165) is 23.8 Å². The Morgan fingerprint density at radius 3 is 2.48 bits per heavy atom. The fourth-order valence-corrected chi connectivity index (χ4v) is 3.24. The first-order valence-electron chi connectivity index (χ1n) is 6.36. The summed E-state index contributed by atoms with van der Waals surface area (Å²) < 4.78 is 32.2. The number of nitrogens with zero attached hydrogens (tertiary/aromatic N) is 1. The van der Waals surface area contributed by atoms with Crippen LogP contribution in [0.3, 0.4) is 0 Å². The maximum absolute atomic E-state index is 12.5. The Morgan fingerprint density at radius 1 is 1.22 bits per heavy atom. The number of nitrogens with one attached hydrogen (secondary N) is 1. The molecule has 0 aromatic heterocycles. The number of aryl methyl sites for hydroxylation is 1. The van der Waals surface area contributed by atoms with Crippen LogP contribution in [0.1, 0.15) is 5.56 Å². The number of nitro groups is 1. The number of halogens is 1. The maximum Gasteiger partial charge on any atom is 0.273 e. The van der Waals surface area contributed by atoms with Crippen LogP contribution in [0.5, 0.6) is 5.75 Å². The summed E-state index contributed by atoms with van der Waals surface area (Å²) in [4.78, 5) is 9.92. The number of rotatable bonds is 5. The lowest BCUT2D eigenvalue weighted by Crippen LogP contribution is -2.14. The highest BCUT2D eigenvalue weighted by atomic mass is 35.5. The summed E-state index contributed by atoms with van der Waals surface area (Å²) in [7, 11) is -2.75. The highest BCUT2D eigenvalue weighted by molar-refractivity contribution is 7.92. The van der Waals surface area contributed by atoms with E-state index < -0.39 is 14.9 Å². The summed E-state index contributed by atoms with van der Waals surface area (Å²) in [6, 6.07) is 7.99. The van der Waals surface area contributed by atoms with Gasteiger partial charge in [0.2, 0.25) is 0 Å². The summed E-state index contributed by atoms with van der Waals surface area (Å²) in [5, 5.41) is 11.2. The lowest BCUT2D eigenvalue weighted by Gasteiger charge is -2.12. The van der Waals surface area contributed by atoms with Crippen molar-refractivity contribution in [2.45, 2.75) is 11.8 Å². The molecule has 9 heteroatoms. The fraction of sp³-hybridized carbons (Fsp3) is 0.143. The molecule has 0 aliphatic carbocycles. The monoisotopic (exact) mass is 356 g/mol. The molecule has 0 radical (unpaired) electrons. The van der Waals surface area contributed by atoms with Gasteiger partial charge in [-0.05, 0) is 30.7 Å². The van der Waals surface area contributed by atoms with Gasteiger partial charge in [-0.2, -0.15) is 0 Å². The predicted octanol–water partition coefficient (Wildman–Crippen LogP) is 3.37. The van der Waals surface area contributed by atoms with Gasteiger partial charge in [0.05, 0.1) is 23.8 Å². The van der Waals surface area contributed by atoms with E-state index in [-0.39, 0.29) is 22.0 Å². The first-order valence-corrected chi connectivity index (χ1v) is 8.22. The Balaban J connectivity index is 2.42. The smallest absolute Gasteiger partial charge is 0.273 e. The van der Waals surface area contributed by atoms with Crippen molar-refractivity contribution in [1.29, 1.82) is 0 Å². The second kappa shape index (κ2) is 6.43. The number of methoxy groups -OCH3 is 1. The number of hydrogen-bond acceptors (Lipinski definition) is 5. The third-order valence-electron chi connectivity index (χ3n) is 3.07. The number of hydrogen-bond donors (Lipinski definition) is 1. The highest BCUT2D eigenvalue weighted by Gasteiger charge is 2.22. The summed E-state index contributed by atoms with van der Waals surface area (Å²) in [6.45, 7) is 1.79. The number of sulfonamides is 1. The van der Waals surface area contributed by atoms with Crippen LogP contribution < -0.4 is 9.46 Å². The average molecular weight is 357 g/mol. The Kier molecular flexibility index (Phi) is 4.76. The lowest BCUT2D eigenvalue weighted by molar-refractivity contribution is -0.385.